The van der Waals surface area contributed by atoms with E-state index in [1.165, 1.54) is 0 Å². The number of benzene rings is 1. The summed E-state index contributed by atoms with van der Waals surface area (Å²) in [7, 11) is -5.24. The van der Waals surface area contributed by atoms with Crippen LogP contribution in [-0.2, 0) is 21.1 Å². The quantitative estimate of drug-likeness (QED) is 0.647. The van der Waals surface area contributed by atoms with Gasteiger partial charge in [0.2, 0.25) is 0 Å². The molecule has 5 nitrogen and oxygen atoms in total. The van der Waals surface area contributed by atoms with Crippen molar-refractivity contribution in [3.8, 4) is 0 Å². The van der Waals surface area contributed by atoms with Crippen molar-refractivity contribution in [2.75, 3.05) is 5.32 Å². The van der Waals surface area contributed by atoms with Crippen LogP contribution in [0.3, 0.4) is 0 Å². The predicted molar refractivity (Wildman–Crippen MR) is 65.4 cm³/mol. The summed E-state index contributed by atoms with van der Waals surface area (Å²) >= 11 is 10.4. The predicted octanol–water partition coefficient (Wildman–Crippen LogP) is 2.69. The van der Waals surface area contributed by atoms with Crippen LogP contribution in [0.25, 0.3) is 0 Å². The number of hydrogen-bond donors (Lipinski definition) is 2. The van der Waals surface area contributed by atoms with E-state index in [0.29, 0.717) is 6.07 Å². The SMILES string of the molecule is O=C(Nc1cccc(C(F)(F)F)c1S(=O)(=O)O)C(Cl)Cl. The van der Waals surface area contributed by atoms with Crippen LogP contribution in [-0.4, -0.2) is 23.7 Å². The molecule has 2 N–H and O–H groups in total. The molecule has 0 spiro atoms. The summed E-state index contributed by atoms with van der Waals surface area (Å²) in [4.78, 5) is 8.12. The minimum Gasteiger partial charge on any atom is -0.322 e. The highest BCUT2D eigenvalue weighted by Crippen LogP contribution is 2.37. The zero-order chi connectivity index (χ0) is 15.7. The lowest BCUT2D eigenvalue weighted by Gasteiger charge is -2.15. The topological polar surface area (TPSA) is 83.5 Å². The van der Waals surface area contributed by atoms with Gasteiger partial charge in [-0.15, -0.1) is 0 Å². The molecule has 0 radical (unpaired) electrons. The maximum absolute atomic E-state index is 12.7. The average molecular weight is 352 g/mol. The van der Waals surface area contributed by atoms with Gasteiger partial charge in [0, 0.05) is 0 Å². The number of nitrogens with one attached hydrogen (secondary N) is 1. The fourth-order valence-corrected chi connectivity index (χ4v) is 2.29. The number of alkyl halides is 5. The molecule has 112 valence electrons. The number of halogens is 5. The van der Waals surface area contributed by atoms with Crippen molar-refractivity contribution < 1.29 is 30.9 Å². The van der Waals surface area contributed by atoms with E-state index in [-0.39, 0.29) is 0 Å². The largest absolute Gasteiger partial charge is 0.417 e. The summed E-state index contributed by atoms with van der Waals surface area (Å²) in [5.41, 5.74) is -2.41. The zero-order valence-electron chi connectivity index (χ0n) is 9.28. The van der Waals surface area contributed by atoms with Crippen molar-refractivity contribution in [2.45, 2.75) is 15.9 Å². The smallest absolute Gasteiger partial charge is 0.322 e. The second-order valence-electron chi connectivity index (χ2n) is 3.45. The van der Waals surface area contributed by atoms with Gasteiger partial charge in [-0.05, 0) is 12.1 Å². The van der Waals surface area contributed by atoms with Crippen molar-refractivity contribution in [2.24, 2.45) is 0 Å². The van der Waals surface area contributed by atoms with Gasteiger partial charge in [-0.25, -0.2) is 0 Å². The van der Waals surface area contributed by atoms with Gasteiger partial charge < -0.3 is 5.32 Å². The van der Waals surface area contributed by atoms with Gasteiger partial charge in [0.25, 0.3) is 16.0 Å². The van der Waals surface area contributed by atoms with Gasteiger partial charge in [0.15, 0.2) is 4.84 Å². The third-order valence-corrected chi connectivity index (χ3v) is 3.39. The molecule has 11 heteroatoms. The number of hydrogen-bond acceptors (Lipinski definition) is 3. The standard InChI is InChI=1S/C9H6Cl2F3NO4S/c10-7(11)8(16)15-5-3-1-2-4(9(12,13)14)6(5)20(17,18)19/h1-3,7H,(H,15,16)(H,17,18,19). The first-order valence-electron chi connectivity index (χ1n) is 4.71. The number of anilines is 1. The van der Waals surface area contributed by atoms with Crippen LogP contribution in [0.4, 0.5) is 18.9 Å². The molecule has 1 aromatic carbocycles. The number of amides is 1. The van der Waals surface area contributed by atoms with E-state index in [9.17, 15) is 26.4 Å². The molecule has 0 aliphatic heterocycles. The molecule has 0 atom stereocenters. The first kappa shape index (κ1) is 17.0. The molecule has 0 aliphatic carbocycles. The fraction of sp³-hybridized carbons (Fsp3) is 0.222. The molecule has 0 saturated heterocycles. The Hall–Kier alpha value is -1.03. The van der Waals surface area contributed by atoms with Crippen molar-refractivity contribution >= 4 is 44.9 Å². The number of rotatable bonds is 3. The van der Waals surface area contributed by atoms with Gasteiger partial charge >= 0.3 is 6.18 Å². The molecule has 0 aliphatic rings. The Balaban J connectivity index is 3.51. The average Bonchev–Trinajstić information content (AvgIpc) is 2.25. The summed E-state index contributed by atoms with van der Waals surface area (Å²) in [6.07, 6.45) is -5.05. The lowest BCUT2D eigenvalue weighted by atomic mass is 10.2. The van der Waals surface area contributed by atoms with E-state index in [4.69, 9.17) is 27.8 Å². The van der Waals surface area contributed by atoms with Crippen molar-refractivity contribution in [3.63, 3.8) is 0 Å². The first-order chi connectivity index (χ1) is 8.94. The molecule has 0 unspecified atom stereocenters. The summed E-state index contributed by atoms with van der Waals surface area (Å²) in [6, 6.07) is 2.15. The summed E-state index contributed by atoms with van der Waals surface area (Å²) < 4.78 is 69.3. The van der Waals surface area contributed by atoms with Gasteiger partial charge in [-0.2, -0.15) is 21.6 Å². The van der Waals surface area contributed by atoms with Gasteiger partial charge in [-0.1, -0.05) is 29.3 Å². The van der Waals surface area contributed by atoms with E-state index in [1.807, 2.05) is 0 Å². The Morgan fingerprint density at radius 2 is 1.85 bits per heavy atom. The maximum atomic E-state index is 12.7. The van der Waals surface area contributed by atoms with Crippen LogP contribution in [0.15, 0.2) is 23.1 Å². The van der Waals surface area contributed by atoms with Crippen molar-refractivity contribution in [3.05, 3.63) is 23.8 Å². The Morgan fingerprint density at radius 3 is 2.25 bits per heavy atom. The molecular formula is C9H6Cl2F3NO4S. The molecule has 0 aromatic heterocycles. The first-order valence-corrected chi connectivity index (χ1v) is 7.02. The second kappa shape index (κ2) is 5.76. The van der Waals surface area contributed by atoms with Crippen molar-refractivity contribution in [1.29, 1.82) is 0 Å². The minimum absolute atomic E-state index is 0.442. The van der Waals surface area contributed by atoms with Crippen molar-refractivity contribution in [1.82, 2.24) is 0 Å². The third kappa shape index (κ3) is 3.98. The molecule has 0 bridgehead atoms. The number of carbonyl (C=O) groups excluding carboxylic acids is 1. The second-order valence-corrected chi connectivity index (χ2v) is 5.90. The highest BCUT2D eigenvalue weighted by atomic mass is 35.5. The molecule has 0 fully saturated rings. The molecule has 1 aromatic rings. The summed E-state index contributed by atoms with van der Waals surface area (Å²) in [5.74, 6) is -1.14. The number of carbonyl (C=O) groups is 1. The third-order valence-electron chi connectivity index (χ3n) is 2.03. The molecule has 0 heterocycles. The normalized spacial score (nSPS) is 12.6. The Labute approximate surface area is 121 Å². The minimum atomic E-state index is -5.24. The molecule has 20 heavy (non-hydrogen) atoms. The van der Waals surface area contributed by atoms with E-state index < -0.39 is 43.2 Å². The van der Waals surface area contributed by atoms with E-state index >= 15 is 0 Å². The Bertz CT molecular complexity index is 631. The van der Waals surface area contributed by atoms with Gasteiger partial charge in [0.05, 0.1) is 11.3 Å². The van der Waals surface area contributed by atoms with Crippen LogP contribution in [0.2, 0.25) is 0 Å². The molecular weight excluding hydrogens is 346 g/mol. The monoisotopic (exact) mass is 351 g/mol. The summed E-state index contributed by atoms with van der Waals surface area (Å²) in [5, 5.41) is 1.79. The highest BCUT2D eigenvalue weighted by Gasteiger charge is 2.38. The van der Waals surface area contributed by atoms with E-state index in [0.717, 1.165) is 12.1 Å². The molecule has 0 saturated carbocycles. The lowest BCUT2D eigenvalue weighted by Crippen LogP contribution is -2.22. The zero-order valence-corrected chi connectivity index (χ0v) is 11.6. The Kier molecular flexibility index (Phi) is 4.90. The van der Waals surface area contributed by atoms with E-state index in [2.05, 4.69) is 0 Å². The summed E-state index contributed by atoms with van der Waals surface area (Å²) in [6.45, 7) is 0. The van der Waals surface area contributed by atoms with E-state index in [1.54, 1.807) is 5.32 Å². The highest BCUT2D eigenvalue weighted by molar-refractivity contribution is 7.86. The fourth-order valence-electron chi connectivity index (χ4n) is 1.32. The molecule has 1 amide bonds. The Morgan fingerprint density at radius 1 is 1.30 bits per heavy atom. The van der Waals surface area contributed by atoms with Crippen LogP contribution >= 0.6 is 23.2 Å². The van der Waals surface area contributed by atoms with Crippen LogP contribution < -0.4 is 5.32 Å². The maximum Gasteiger partial charge on any atom is 0.417 e. The van der Waals surface area contributed by atoms with Gasteiger partial charge in [-0.3, -0.25) is 9.35 Å². The van der Waals surface area contributed by atoms with Gasteiger partial charge in [0.1, 0.15) is 4.90 Å². The molecule has 1 rings (SSSR count). The lowest BCUT2D eigenvalue weighted by molar-refractivity contribution is -0.140. The van der Waals surface area contributed by atoms with Crippen LogP contribution in [0.5, 0.6) is 0 Å². The van der Waals surface area contributed by atoms with Crippen LogP contribution in [0.1, 0.15) is 5.56 Å². The van der Waals surface area contributed by atoms with Crippen LogP contribution in [0, 0.1) is 0 Å².